The number of nitrogens with one attached hydrogen (secondary N) is 1. The number of non-ortho nitro benzene ring substituents is 1. The van der Waals surface area contributed by atoms with Crippen LogP contribution in [0.3, 0.4) is 0 Å². The summed E-state index contributed by atoms with van der Waals surface area (Å²) >= 11 is 0. The number of anilines is 1. The van der Waals surface area contributed by atoms with Gasteiger partial charge in [-0.15, -0.1) is 0 Å². The Labute approximate surface area is 134 Å². The zero-order valence-corrected chi connectivity index (χ0v) is 13.2. The standard InChI is InChI=1S/C15H16N2O5S/c1-23(20,21)15-8-6-14(7-9-15)22-11-10-16-12-2-4-13(5-3-12)17(18)19/h2-9,16H,10-11H2,1H3. The van der Waals surface area contributed by atoms with Crippen LogP contribution in [0.4, 0.5) is 11.4 Å². The summed E-state index contributed by atoms with van der Waals surface area (Å²) in [5.74, 6) is 0.572. The van der Waals surface area contributed by atoms with Crippen molar-refractivity contribution in [3.8, 4) is 5.75 Å². The molecule has 0 aliphatic carbocycles. The third-order valence-electron chi connectivity index (χ3n) is 3.03. The third kappa shape index (κ3) is 4.96. The van der Waals surface area contributed by atoms with E-state index in [1.54, 1.807) is 24.3 Å². The van der Waals surface area contributed by atoms with Gasteiger partial charge in [-0.3, -0.25) is 10.1 Å². The number of rotatable bonds is 7. The first-order valence-corrected chi connectivity index (χ1v) is 8.66. The summed E-state index contributed by atoms with van der Waals surface area (Å²) in [6.07, 6.45) is 1.15. The van der Waals surface area contributed by atoms with E-state index in [2.05, 4.69) is 5.32 Å². The fraction of sp³-hybridized carbons (Fsp3) is 0.200. The highest BCUT2D eigenvalue weighted by molar-refractivity contribution is 7.90. The van der Waals surface area contributed by atoms with E-state index in [0.29, 0.717) is 18.9 Å². The van der Waals surface area contributed by atoms with Crippen LogP contribution < -0.4 is 10.1 Å². The highest BCUT2D eigenvalue weighted by Crippen LogP contribution is 2.17. The maximum absolute atomic E-state index is 11.3. The van der Waals surface area contributed by atoms with E-state index in [1.807, 2.05) is 0 Å². The maximum Gasteiger partial charge on any atom is 0.269 e. The summed E-state index contributed by atoms with van der Waals surface area (Å²) in [6.45, 7) is 0.876. The molecule has 0 radical (unpaired) electrons. The van der Waals surface area contributed by atoms with Gasteiger partial charge in [0.15, 0.2) is 9.84 Å². The van der Waals surface area contributed by atoms with Gasteiger partial charge in [-0.25, -0.2) is 8.42 Å². The van der Waals surface area contributed by atoms with Gasteiger partial charge in [0.2, 0.25) is 0 Å². The van der Waals surface area contributed by atoms with Crippen molar-refractivity contribution in [3.63, 3.8) is 0 Å². The van der Waals surface area contributed by atoms with Crippen LogP contribution in [-0.2, 0) is 9.84 Å². The lowest BCUT2D eigenvalue weighted by molar-refractivity contribution is -0.384. The maximum atomic E-state index is 11.3. The van der Waals surface area contributed by atoms with Gasteiger partial charge < -0.3 is 10.1 Å². The number of benzene rings is 2. The number of hydrogen-bond donors (Lipinski definition) is 1. The van der Waals surface area contributed by atoms with E-state index < -0.39 is 14.8 Å². The Hall–Kier alpha value is -2.61. The summed E-state index contributed by atoms with van der Waals surface area (Å²) in [6, 6.07) is 12.3. The highest BCUT2D eigenvalue weighted by atomic mass is 32.2. The molecule has 0 spiro atoms. The molecule has 0 fully saturated rings. The van der Waals surface area contributed by atoms with Crippen LogP contribution in [0.15, 0.2) is 53.4 Å². The Morgan fingerprint density at radius 1 is 1.09 bits per heavy atom. The van der Waals surface area contributed by atoms with E-state index in [4.69, 9.17) is 4.74 Å². The van der Waals surface area contributed by atoms with Crippen molar-refractivity contribution < 1.29 is 18.1 Å². The molecule has 0 aliphatic rings. The lowest BCUT2D eigenvalue weighted by Crippen LogP contribution is -2.11. The van der Waals surface area contributed by atoms with Gasteiger partial charge >= 0.3 is 0 Å². The summed E-state index contributed by atoms with van der Waals surface area (Å²) < 4.78 is 28.2. The number of nitrogens with zero attached hydrogens (tertiary/aromatic N) is 1. The van der Waals surface area contributed by atoms with Gasteiger partial charge in [0.05, 0.1) is 9.82 Å². The lowest BCUT2D eigenvalue weighted by Gasteiger charge is -2.09. The number of hydrogen-bond acceptors (Lipinski definition) is 6. The van der Waals surface area contributed by atoms with E-state index in [-0.39, 0.29) is 10.6 Å². The Balaban J connectivity index is 1.80. The van der Waals surface area contributed by atoms with Crippen molar-refractivity contribution >= 4 is 21.2 Å². The number of nitro groups is 1. The van der Waals surface area contributed by atoms with Crippen LogP contribution in [0.25, 0.3) is 0 Å². The monoisotopic (exact) mass is 336 g/mol. The number of ether oxygens (including phenoxy) is 1. The molecule has 122 valence electrons. The first kappa shape index (κ1) is 16.8. The highest BCUT2D eigenvalue weighted by Gasteiger charge is 2.06. The minimum Gasteiger partial charge on any atom is -0.492 e. The summed E-state index contributed by atoms with van der Waals surface area (Å²) in [5, 5.41) is 13.6. The minimum absolute atomic E-state index is 0.0396. The van der Waals surface area contributed by atoms with Gasteiger partial charge in [0.1, 0.15) is 12.4 Å². The summed E-state index contributed by atoms with van der Waals surface area (Å²) in [5.41, 5.74) is 0.796. The largest absolute Gasteiger partial charge is 0.492 e. The Kier molecular flexibility index (Phi) is 5.17. The van der Waals surface area contributed by atoms with Crippen LogP contribution >= 0.6 is 0 Å². The van der Waals surface area contributed by atoms with E-state index in [9.17, 15) is 18.5 Å². The summed E-state index contributed by atoms with van der Waals surface area (Å²) in [4.78, 5) is 10.3. The van der Waals surface area contributed by atoms with Gasteiger partial charge in [0, 0.05) is 30.6 Å². The van der Waals surface area contributed by atoms with Crippen LogP contribution in [0.5, 0.6) is 5.75 Å². The Morgan fingerprint density at radius 3 is 2.22 bits per heavy atom. The zero-order valence-electron chi connectivity index (χ0n) is 12.4. The van der Waals surface area contributed by atoms with E-state index in [0.717, 1.165) is 11.9 Å². The predicted octanol–water partition coefficient (Wildman–Crippen LogP) is 2.49. The molecule has 0 amide bonds. The third-order valence-corrected chi connectivity index (χ3v) is 4.16. The van der Waals surface area contributed by atoms with Gasteiger partial charge in [-0.2, -0.15) is 0 Å². The molecule has 0 unspecified atom stereocenters. The molecule has 2 aromatic rings. The van der Waals surface area contributed by atoms with Crippen LogP contribution in [0.2, 0.25) is 0 Å². The van der Waals surface area contributed by atoms with Crippen molar-refractivity contribution in [2.24, 2.45) is 0 Å². The normalized spacial score (nSPS) is 11.0. The number of nitro benzene ring substituents is 1. The second kappa shape index (κ2) is 7.10. The quantitative estimate of drug-likeness (QED) is 0.474. The molecule has 0 bridgehead atoms. The molecule has 2 aromatic carbocycles. The molecule has 8 heteroatoms. The molecule has 23 heavy (non-hydrogen) atoms. The lowest BCUT2D eigenvalue weighted by atomic mass is 10.3. The fourth-order valence-electron chi connectivity index (χ4n) is 1.85. The smallest absolute Gasteiger partial charge is 0.269 e. The predicted molar refractivity (Wildman–Crippen MR) is 86.6 cm³/mol. The minimum atomic E-state index is -3.21. The average Bonchev–Trinajstić information content (AvgIpc) is 2.51. The van der Waals surface area contributed by atoms with Crippen molar-refractivity contribution in [3.05, 3.63) is 58.6 Å². The van der Waals surface area contributed by atoms with Crippen molar-refractivity contribution in [1.29, 1.82) is 0 Å². The molecule has 2 rings (SSSR count). The topological polar surface area (TPSA) is 98.5 Å². The number of sulfone groups is 1. The zero-order chi connectivity index (χ0) is 16.9. The van der Waals surface area contributed by atoms with Gasteiger partial charge in [0.25, 0.3) is 5.69 Å². The molecule has 1 N–H and O–H groups in total. The van der Waals surface area contributed by atoms with Crippen LogP contribution in [0, 0.1) is 10.1 Å². The van der Waals surface area contributed by atoms with Crippen molar-refractivity contribution in [1.82, 2.24) is 0 Å². The van der Waals surface area contributed by atoms with Crippen molar-refractivity contribution in [2.75, 3.05) is 24.7 Å². The molecule has 0 aliphatic heterocycles. The van der Waals surface area contributed by atoms with Gasteiger partial charge in [-0.05, 0) is 36.4 Å². The van der Waals surface area contributed by atoms with Crippen LogP contribution in [-0.4, -0.2) is 32.7 Å². The molecule has 0 atom stereocenters. The van der Waals surface area contributed by atoms with Gasteiger partial charge in [-0.1, -0.05) is 0 Å². The van der Waals surface area contributed by atoms with Crippen LogP contribution in [0.1, 0.15) is 0 Å². The second-order valence-corrected chi connectivity index (χ2v) is 6.84. The molecule has 7 nitrogen and oxygen atoms in total. The Morgan fingerprint density at radius 2 is 1.70 bits per heavy atom. The molecule has 0 heterocycles. The summed E-state index contributed by atoms with van der Waals surface area (Å²) in [7, 11) is -3.21. The molecule has 0 saturated heterocycles. The first-order chi connectivity index (χ1) is 10.9. The molecule has 0 aromatic heterocycles. The average molecular weight is 336 g/mol. The molecule has 0 saturated carbocycles. The molecular formula is C15H16N2O5S. The fourth-order valence-corrected chi connectivity index (χ4v) is 2.48. The SMILES string of the molecule is CS(=O)(=O)c1ccc(OCCNc2ccc([N+](=O)[O-])cc2)cc1. The van der Waals surface area contributed by atoms with E-state index in [1.165, 1.54) is 24.3 Å². The molecular weight excluding hydrogens is 320 g/mol. The van der Waals surface area contributed by atoms with Crippen molar-refractivity contribution in [2.45, 2.75) is 4.90 Å². The Bertz CT molecular complexity index is 771. The first-order valence-electron chi connectivity index (χ1n) is 6.77. The van der Waals surface area contributed by atoms with E-state index >= 15 is 0 Å². The second-order valence-electron chi connectivity index (χ2n) is 4.82.